The number of hydrogen-bond donors (Lipinski definition) is 1. The molecule has 0 radical (unpaired) electrons. The number of carbonyl (C=O) groups is 1. The fourth-order valence-electron chi connectivity index (χ4n) is 2.70. The molecule has 0 amide bonds. The van der Waals surface area contributed by atoms with E-state index in [-0.39, 0.29) is 5.54 Å². The van der Waals surface area contributed by atoms with E-state index < -0.39 is 0 Å². The van der Waals surface area contributed by atoms with E-state index >= 15 is 0 Å². The van der Waals surface area contributed by atoms with Gasteiger partial charge in [0.2, 0.25) is 0 Å². The molecule has 1 aromatic heterocycles. The third-order valence-electron chi connectivity index (χ3n) is 3.69. The Bertz CT molecular complexity index is 391. The van der Waals surface area contributed by atoms with Gasteiger partial charge in [-0.3, -0.25) is 4.79 Å². The van der Waals surface area contributed by atoms with Crippen molar-refractivity contribution in [2.45, 2.75) is 44.6 Å². The first-order valence-electron chi connectivity index (χ1n) is 6.42. The smallest absolute Gasteiger partial charge is 0.160 e. The largest absolute Gasteiger partial charge is 0.338 e. The molecule has 1 aliphatic rings. The maximum Gasteiger partial charge on any atom is 0.160 e. The van der Waals surface area contributed by atoms with E-state index in [0.29, 0.717) is 12.2 Å². The van der Waals surface area contributed by atoms with Crippen molar-refractivity contribution >= 4 is 5.78 Å². The number of imidazole rings is 1. The molecule has 1 N–H and O–H groups in total. The van der Waals surface area contributed by atoms with Crippen molar-refractivity contribution in [1.82, 2.24) is 14.9 Å². The van der Waals surface area contributed by atoms with Gasteiger partial charge in [-0.15, -0.1) is 0 Å². The maximum absolute atomic E-state index is 12.5. The number of rotatable bonds is 5. The van der Waals surface area contributed by atoms with Gasteiger partial charge in [0.25, 0.3) is 0 Å². The number of aryl methyl sites for hydroxylation is 1. The van der Waals surface area contributed by atoms with E-state index in [4.69, 9.17) is 0 Å². The molecule has 0 aliphatic carbocycles. The van der Waals surface area contributed by atoms with E-state index in [0.717, 1.165) is 38.1 Å². The van der Waals surface area contributed by atoms with Crippen molar-refractivity contribution < 1.29 is 4.79 Å². The lowest BCUT2D eigenvalue weighted by molar-refractivity contribution is -0.124. The molecule has 1 unspecified atom stereocenters. The van der Waals surface area contributed by atoms with Gasteiger partial charge in [-0.25, -0.2) is 4.98 Å². The average Bonchev–Trinajstić information content (AvgIpc) is 2.91. The van der Waals surface area contributed by atoms with Crippen molar-refractivity contribution in [3.63, 3.8) is 0 Å². The third kappa shape index (κ3) is 2.41. The summed E-state index contributed by atoms with van der Waals surface area (Å²) >= 11 is 0. The number of Topliss-reactive ketones (excluding diaryl/α,β-unsaturated/α-hetero) is 1. The highest BCUT2D eigenvalue weighted by atomic mass is 16.1. The number of nitrogens with zero attached hydrogens (tertiary/aromatic N) is 2. The minimum absolute atomic E-state index is 0.277. The van der Waals surface area contributed by atoms with Crippen LogP contribution >= 0.6 is 0 Å². The van der Waals surface area contributed by atoms with Crippen LogP contribution in [0.5, 0.6) is 0 Å². The van der Waals surface area contributed by atoms with Crippen LogP contribution in [-0.2, 0) is 18.3 Å². The van der Waals surface area contributed by atoms with Gasteiger partial charge in [0.05, 0.1) is 12.0 Å². The van der Waals surface area contributed by atoms with Gasteiger partial charge in [-0.2, -0.15) is 0 Å². The van der Waals surface area contributed by atoms with Gasteiger partial charge in [0.1, 0.15) is 5.82 Å². The molecule has 94 valence electrons. The first-order valence-corrected chi connectivity index (χ1v) is 6.42. The van der Waals surface area contributed by atoms with Gasteiger partial charge in [0.15, 0.2) is 5.78 Å². The molecule has 4 heteroatoms. The average molecular weight is 235 g/mol. The summed E-state index contributed by atoms with van der Waals surface area (Å²) < 4.78 is 1.92. The van der Waals surface area contributed by atoms with Gasteiger partial charge in [-0.1, -0.05) is 13.3 Å². The molecular weight excluding hydrogens is 214 g/mol. The van der Waals surface area contributed by atoms with E-state index in [1.165, 1.54) is 0 Å². The summed E-state index contributed by atoms with van der Waals surface area (Å²) in [5.74, 6) is 1.16. The zero-order chi connectivity index (χ0) is 12.3. The molecule has 1 aromatic rings. The Kier molecular flexibility index (Phi) is 3.62. The maximum atomic E-state index is 12.5. The topological polar surface area (TPSA) is 46.9 Å². The number of hydrogen-bond acceptors (Lipinski definition) is 3. The predicted octanol–water partition coefficient (Wildman–Crippen LogP) is 1.45. The molecule has 1 saturated heterocycles. The highest BCUT2D eigenvalue weighted by Gasteiger charge is 2.39. The molecule has 0 saturated carbocycles. The first-order chi connectivity index (χ1) is 8.18. The van der Waals surface area contributed by atoms with Crippen molar-refractivity contribution in [1.29, 1.82) is 0 Å². The fraction of sp³-hybridized carbons (Fsp3) is 0.692. The van der Waals surface area contributed by atoms with Crippen molar-refractivity contribution in [3.8, 4) is 0 Å². The van der Waals surface area contributed by atoms with E-state index in [1.54, 1.807) is 6.20 Å². The standard InChI is InChI=1S/C13H21N3O/c1-3-5-13(6-4-7-15-13)11(17)10-12-14-8-9-16(12)2/h8-9,15H,3-7,10H2,1-2H3. The van der Waals surface area contributed by atoms with Crippen LogP contribution in [-0.4, -0.2) is 27.4 Å². The lowest BCUT2D eigenvalue weighted by Crippen LogP contribution is -2.48. The van der Waals surface area contributed by atoms with Crippen molar-refractivity contribution in [3.05, 3.63) is 18.2 Å². The summed E-state index contributed by atoms with van der Waals surface area (Å²) in [7, 11) is 1.93. The zero-order valence-electron chi connectivity index (χ0n) is 10.7. The van der Waals surface area contributed by atoms with Gasteiger partial charge in [-0.05, 0) is 25.8 Å². The van der Waals surface area contributed by atoms with Crippen molar-refractivity contribution in [2.75, 3.05) is 6.54 Å². The SMILES string of the molecule is CCCC1(C(=O)Cc2nccn2C)CCCN1. The van der Waals surface area contributed by atoms with Crippen LogP contribution in [0.4, 0.5) is 0 Å². The Balaban J connectivity index is 2.10. The van der Waals surface area contributed by atoms with Crippen LogP contribution in [0, 0.1) is 0 Å². The Morgan fingerprint density at radius 3 is 3.00 bits per heavy atom. The van der Waals surface area contributed by atoms with E-state index in [2.05, 4.69) is 17.2 Å². The lowest BCUT2D eigenvalue weighted by atomic mass is 9.85. The predicted molar refractivity (Wildman–Crippen MR) is 66.8 cm³/mol. The molecule has 4 nitrogen and oxygen atoms in total. The molecule has 1 fully saturated rings. The second-order valence-corrected chi connectivity index (χ2v) is 4.92. The molecule has 0 aromatic carbocycles. The van der Waals surface area contributed by atoms with Gasteiger partial charge < -0.3 is 9.88 Å². The highest BCUT2D eigenvalue weighted by Crippen LogP contribution is 2.26. The molecule has 0 spiro atoms. The molecule has 17 heavy (non-hydrogen) atoms. The second-order valence-electron chi connectivity index (χ2n) is 4.92. The Labute approximate surface area is 102 Å². The molecule has 0 bridgehead atoms. The second kappa shape index (κ2) is 5.00. The quantitative estimate of drug-likeness (QED) is 0.840. The van der Waals surface area contributed by atoms with Crippen LogP contribution in [0.2, 0.25) is 0 Å². The third-order valence-corrected chi connectivity index (χ3v) is 3.69. The molecule has 2 rings (SSSR count). The number of carbonyl (C=O) groups excluding carboxylic acids is 1. The Hall–Kier alpha value is -1.16. The highest BCUT2D eigenvalue weighted by molar-refractivity contribution is 5.90. The van der Waals surface area contributed by atoms with E-state index in [9.17, 15) is 4.79 Å². The monoisotopic (exact) mass is 235 g/mol. The Morgan fingerprint density at radius 1 is 1.65 bits per heavy atom. The molecular formula is C13H21N3O. The number of ketones is 1. The summed E-state index contributed by atoms with van der Waals surface area (Å²) in [6.45, 7) is 3.10. The lowest BCUT2D eigenvalue weighted by Gasteiger charge is -2.27. The fourth-order valence-corrected chi connectivity index (χ4v) is 2.70. The molecule has 1 atom stereocenters. The van der Waals surface area contributed by atoms with Gasteiger partial charge in [0, 0.05) is 19.4 Å². The van der Waals surface area contributed by atoms with E-state index in [1.807, 2.05) is 17.8 Å². The van der Waals surface area contributed by atoms with Gasteiger partial charge >= 0.3 is 0 Å². The summed E-state index contributed by atoms with van der Waals surface area (Å²) in [5, 5.41) is 3.42. The number of nitrogens with one attached hydrogen (secondary N) is 1. The summed E-state index contributed by atoms with van der Waals surface area (Å²) in [6.07, 6.45) is 8.14. The van der Waals surface area contributed by atoms with Crippen LogP contribution in [0.3, 0.4) is 0 Å². The number of aromatic nitrogens is 2. The zero-order valence-corrected chi connectivity index (χ0v) is 10.7. The van der Waals surface area contributed by atoms with Crippen LogP contribution in [0.1, 0.15) is 38.4 Å². The Morgan fingerprint density at radius 2 is 2.47 bits per heavy atom. The van der Waals surface area contributed by atoms with Crippen LogP contribution < -0.4 is 5.32 Å². The molecule has 1 aliphatic heterocycles. The van der Waals surface area contributed by atoms with Crippen molar-refractivity contribution in [2.24, 2.45) is 7.05 Å². The van der Waals surface area contributed by atoms with Crippen LogP contribution in [0.15, 0.2) is 12.4 Å². The van der Waals surface area contributed by atoms with Crippen LogP contribution in [0.25, 0.3) is 0 Å². The first kappa shape index (κ1) is 12.3. The summed E-state index contributed by atoms with van der Waals surface area (Å²) in [5.41, 5.74) is -0.277. The minimum atomic E-state index is -0.277. The summed E-state index contributed by atoms with van der Waals surface area (Å²) in [4.78, 5) is 16.7. The normalized spacial score (nSPS) is 24.1. The minimum Gasteiger partial charge on any atom is -0.338 e. The molecule has 2 heterocycles. The summed E-state index contributed by atoms with van der Waals surface area (Å²) in [6, 6.07) is 0.